The number of sulfonamides is 1. The van der Waals surface area contributed by atoms with Gasteiger partial charge in [-0.25, -0.2) is 13.1 Å². The fraction of sp³-hybridized carbons (Fsp3) is 0.600. The van der Waals surface area contributed by atoms with Crippen molar-refractivity contribution in [2.45, 2.75) is 37.7 Å². The second kappa shape index (κ2) is 7.35. The SMILES string of the molecule is Cc1ccc(S(=O)(=O)NCCOC2CCNCC2)cc1C. The van der Waals surface area contributed by atoms with E-state index in [9.17, 15) is 8.42 Å². The number of aryl methyl sites for hydroxylation is 2. The molecule has 0 aliphatic carbocycles. The zero-order valence-corrected chi connectivity index (χ0v) is 13.5. The van der Waals surface area contributed by atoms with Crippen molar-refractivity contribution in [3.05, 3.63) is 29.3 Å². The molecule has 21 heavy (non-hydrogen) atoms. The van der Waals surface area contributed by atoms with Crippen LogP contribution in [0.25, 0.3) is 0 Å². The molecule has 1 aromatic rings. The van der Waals surface area contributed by atoms with E-state index in [2.05, 4.69) is 10.0 Å². The minimum Gasteiger partial charge on any atom is -0.377 e. The summed E-state index contributed by atoms with van der Waals surface area (Å²) >= 11 is 0. The number of piperidine rings is 1. The zero-order valence-electron chi connectivity index (χ0n) is 12.7. The monoisotopic (exact) mass is 312 g/mol. The third-order valence-corrected chi connectivity index (χ3v) is 5.28. The first-order valence-electron chi connectivity index (χ1n) is 7.38. The number of hydrogen-bond acceptors (Lipinski definition) is 4. The number of ether oxygens (including phenoxy) is 1. The first-order chi connectivity index (χ1) is 9.99. The molecule has 1 fully saturated rings. The van der Waals surface area contributed by atoms with Crippen LogP contribution in [0.2, 0.25) is 0 Å². The van der Waals surface area contributed by atoms with Gasteiger partial charge in [0.05, 0.1) is 17.6 Å². The lowest BCUT2D eigenvalue weighted by atomic mass is 10.1. The van der Waals surface area contributed by atoms with E-state index in [1.807, 2.05) is 19.9 Å². The van der Waals surface area contributed by atoms with Crippen molar-refractivity contribution >= 4 is 10.0 Å². The summed E-state index contributed by atoms with van der Waals surface area (Å²) < 4.78 is 32.6. The van der Waals surface area contributed by atoms with Crippen molar-refractivity contribution < 1.29 is 13.2 Å². The smallest absolute Gasteiger partial charge is 0.240 e. The van der Waals surface area contributed by atoms with Gasteiger partial charge in [0, 0.05) is 6.54 Å². The highest BCUT2D eigenvalue weighted by Crippen LogP contribution is 2.14. The Morgan fingerprint density at radius 1 is 1.24 bits per heavy atom. The summed E-state index contributed by atoms with van der Waals surface area (Å²) in [6, 6.07) is 5.17. The second-order valence-electron chi connectivity index (χ2n) is 5.46. The molecule has 2 N–H and O–H groups in total. The van der Waals surface area contributed by atoms with Crippen LogP contribution in [0.15, 0.2) is 23.1 Å². The van der Waals surface area contributed by atoms with Crippen LogP contribution in [-0.4, -0.2) is 40.8 Å². The van der Waals surface area contributed by atoms with Gasteiger partial charge >= 0.3 is 0 Å². The topological polar surface area (TPSA) is 67.4 Å². The molecule has 0 unspecified atom stereocenters. The van der Waals surface area contributed by atoms with Gasteiger partial charge in [0.25, 0.3) is 0 Å². The Kier molecular flexibility index (Phi) is 5.75. The van der Waals surface area contributed by atoms with Crippen LogP contribution in [0.5, 0.6) is 0 Å². The van der Waals surface area contributed by atoms with Gasteiger partial charge in [-0.1, -0.05) is 6.07 Å². The fourth-order valence-electron chi connectivity index (χ4n) is 2.33. The van der Waals surface area contributed by atoms with Crippen molar-refractivity contribution in [1.29, 1.82) is 0 Å². The first-order valence-corrected chi connectivity index (χ1v) is 8.86. The highest BCUT2D eigenvalue weighted by atomic mass is 32.2. The molecule has 1 aromatic carbocycles. The molecular formula is C15H24N2O3S. The van der Waals surface area contributed by atoms with E-state index >= 15 is 0 Å². The molecule has 0 saturated carbocycles. The Balaban J connectivity index is 1.82. The van der Waals surface area contributed by atoms with E-state index in [1.54, 1.807) is 12.1 Å². The largest absolute Gasteiger partial charge is 0.377 e. The summed E-state index contributed by atoms with van der Waals surface area (Å²) in [4.78, 5) is 0.312. The summed E-state index contributed by atoms with van der Waals surface area (Å²) in [5.41, 5.74) is 2.06. The minimum absolute atomic E-state index is 0.248. The van der Waals surface area contributed by atoms with Gasteiger partial charge in [-0.2, -0.15) is 0 Å². The summed E-state index contributed by atoms with van der Waals surface area (Å²) in [7, 11) is -3.44. The van der Waals surface area contributed by atoms with Crippen molar-refractivity contribution in [3.8, 4) is 0 Å². The standard InChI is InChI=1S/C15H24N2O3S/c1-12-3-4-15(11-13(12)2)21(18,19)17-9-10-20-14-5-7-16-8-6-14/h3-4,11,14,16-17H,5-10H2,1-2H3. The first kappa shape index (κ1) is 16.4. The highest BCUT2D eigenvalue weighted by molar-refractivity contribution is 7.89. The minimum atomic E-state index is -3.44. The molecule has 1 aliphatic rings. The van der Waals surface area contributed by atoms with Crippen LogP contribution in [0.3, 0.4) is 0 Å². The third kappa shape index (κ3) is 4.78. The second-order valence-corrected chi connectivity index (χ2v) is 7.23. The zero-order chi connectivity index (χ0) is 15.3. The summed E-state index contributed by atoms with van der Waals surface area (Å²) in [6.45, 7) is 6.53. The summed E-state index contributed by atoms with van der Waals surface area (Å²) in [5.74, 6) is 0. The van der Waals surface area contributed by atoms with Gasteiger partial charge in [0.2, 0.25) is 10.0 Å². The molecule has 118 valence electrons. The van der Waals surface area contributed by atoms with Crippen molar-refractivity contribution in [3.63, 3.8) is 0 Å². The van der Waals surface area contributed by atoms with Gasteiger partial charge < -0.3 is 10.1 Å². The van der Waals surface area contributed by atoms with E-state index in [-0.39, 0.29) is 6.10 Å². The molecule has 1 aliphatic heterocycles. The van der Waals surface area contributed by atoms with Crippen LogP contribution in [0.1, 0.15) is 24.0 Å². The molecular weight excluding hydrogens is 288 g/mol. The van der Waals surface area contributed by atoms with E-state index in [0.29, 0.717) is 18.0 Å². The van der Waals surface area contributed by atoms with E-state index in [0.717, 1.165) is 37.1 Å². The molecule has 5 nitrogen and oxygen atoms in total. The van der Waals surface area contributed by atoms with E-state index in [1.165, 1.54) is 0 Å². The average Bonchev–Trinajstić information content (AvgIpc) is 2.47. The fourth-order valence-corrected chi connectivity index (χ4v) is 3.43. The number of rotatable bonds is 6. The molecule has 6 heteroatoms. The molecule has 1 heterocycles. The van der Waals surface area contributed by atoms with Gasteiger partial charge in [-0.15, -0.1) is 0 Å². The summed E-state index contributed by atoms with van der Waals surface area (Å²) in [5, 5.41) is 3.27. The predicted octanol–water partition coefficient (Wildman–Crippen LogP) is 1.35. The normalized spacial score (nSPS) is 17.0. The lowest BCUT2D eigenvalue weighted by molar-refractivity contribution is 0.0367. The molecule has 0 radical (unpaired) electrons. The summed E-state index contributed by atoms with van der Waals surface area (Å²) in [6.07, 6.45) is 2.23. The molecule has 1 saturated heterocycles. The lowest BCUT2D eigenvalue weighted by Gasteiger charge is -2.22. The average molecular weight is 312 g/mol. The molecule has 0 amide bonds. The number of hydrogen-bond donors (Lipinski definition) is 2. The molecule has 0 atom stereocenters. The van der Waals surface area contributed by atoms with Crippen LogP contribution in [0.4, 0.5) is 0 Å². The van der Waals surface area contributed by atoms with Crippen molar-refractivity contribution in [1.82, 2.24) is 10.0 Å². The van der Waals surface area contributed by atoms with Crippen molar-refractivity contribution in [2.75, 3.05) is 26.2 Å². The Morgan fingerprint density at radius 3 is 2.62 bits per heavy atom. The maximum absolute atomic E-state index is 12.2. The van der Waals surface area contributed by atoms with E-state index in [4.69, 9.17) is 4.74 Å². The van der Waals surface area contributed by atoms with Crippen LogP contribution in [0, 0.1) is 13.8 Å². The Hall–Kier alpha value is -0.950. The van der Waals surface area contributed by atoms with Crippen molar-refractivity contribution in [2.24, 2.45) is 0 Å². The van der Waals surface area contributed by atoms with Gasteiger partial charge in [0.15, 0.2) is 0 Å². The lowest BCUT2D eigenvalue weighted by Crippen LogP contribution is -2.34. The number of nitrogens with one attached hydrogen (secondary N) is 2. The Morgan fingerprint density at radius 2 is 1.95 bits per heavy atom. The van der Waals surface area contributed by atoms with Gasteiger partial charge in [-0.3, -0.25) is 0 Å². The quantitative estimate of drug-likeness (QED) is 0.778. The van der Waals surface area contributed by atoms with Crippen LogP contribution < -0.4 is 10.0 Å². The third-order valence-electron chi connectivity index (χ3n) is 3.82. The van der Waals surface area contributed by atoms with E-state index < -0.39 is 10.0 Å². The van der Waals surface area contributed by atoms with Gasteiger partial charge in [-0.05, 0) is 63.0 Å². The molecule has 0 aromatic heterocycles. The highest BCUT2D eigenvalue weighted by Gasteiger charge is 2.16. The molecule has 2 rings (SSSR count). The van der Waals surface area contributed by atoms with Crippen LogP contribution >= 0.6 is 0 Å². The van der Waals surface area contributed by atoms with Crippen LogP contribution in [-0.2, 0) is 14.8 Å². The Bertz CT molecular complexity index is 566. The molecule has 0 spiro atoms. The van der Waals surface area contributed by atoms with Gasteiger partial charge in [0.1, 0.15) is 0 Å². The maximum Gasteiger partial charge on any atom is 0.240 e. The number of benzene rings is 1. The maximum atomic E-state index is 12.2. The Labute approximate surface area is 127 Å². The predicted molar refractivity (Wildman–Crippen MR) is 82.9 cm³/mol. The molecule has 0 bridgehead atoms.